The average Bonchev–Trinajstić information content (AvgIpc) is 1.49. The van der Waals surface area contributed by atoms with E-state index in [1.165, 1.54) is 45.0 Å². The second-order valence-electron chi connectivity index (χ2n) is 28.2. The molecule has 0 radical (unpaired) electrons. The van der Waals surface area contributed by atoms with Crippen LogP contribution in [0.25, 0.3) is 0 Å². The minimum atomic E-state index is -2.21. The highest BCUT2D eigenvalue weighted by Gasteiger charge is 2.93. The summed E-state index contributed by atoms with van der Waals surface area (Å²) in [6.45, 7) is 21.1. The van der Waals surface area contributed by atoms with Gasteiger partial charge in [0.25, 0.3) is 5.91 Å². The molecule has 21 atom stereocenters. The van der Waals surface area contributed by atoms with E-state index in [1.807, 2.05) is 6.92 Å². The monoisotopic (exact) mass is 1160 g/mol. The standard InChI is InChI=1S/C63H71NO20/c1-24-39-42(60(12)61(13,75)55(74)84-63(60)49(24)82-63)45(68)40-38-41(47(76-25(2)65)50(59(39,40)11)77-26(3)66)58(10)34(23-37-46(81-37)48(58)69)43(44(38)67)64-51(70)27-14-17-31-30(20-27)52(71)83-62(31)32-18-15-28(78-53(72)56(4,5)6)21-35(32)80-36-22-29(16-19-33(36)62)79-54(73)57(7,8)9/h14-22,24,34,37-50,67-69,75H,23H2,1-13H3,(H,64,70)/t24-,34+,37-,38?,39-,40+,41?,42-,43-,44+,45+,46-,47-,48-,49+,50-,58-,59+,60-,61+,63-/m0/s1. The fraction of sp³-hybridized carbons (Fsp3) is 0.603. The van der Waals surface area contributed by atoms with Crippen LogP contribution in [-0.2, 0) is 58.0 Å². The second kappa shape index (κ2) is 17.6. The van der Waals surface area contributed by atoms with E-state index in [2.05, 4.69) is 5.32 Å². The minimum Gasteiger partial charge on any atom is -0.458 e. The normalized spacial score (nSPS) is 41.7. The van der Waals surface area contributed by atoms with Gasteiger partial charge in [0, 0.05) is 76.8 Å². The molecule has 2 unspecified atom stereocenters. The van der Waals surface area contributed by atoms with Crippen LogP contribution < -0.4 is 19.5 Å². The SMILES string of the molecule is CC(=O)O[C@H]1C2C([C@@H](O)[C@@H](NC(=O)c3ccc4c(c3)C(=O)OC43c4ccc(OC(=O)C(C)(C)C)cc4Oc4cc(OC(=O)C(C)(C)C)ccc43)[C@H]3C[C@@H]4O[C@@H]4[C@H](O)[C@]23C)[C@@H]2[C@@H](O)[C@@H]3[C@H]([C@H](C)[C@H]4O[C@]45OC(=O)[C@@](C)(O)[C@]35C)[C@@]2(C)[C@H]1OC(C)=O. The lowest BCUT2D eigenvalue weighted by Crippen LogP contribution is -2.76. The van der Waals surface area contributed by atoms with Crippen molar-refractivity contribution in [1.82, 2.24) is 5.32 Å². The number of hydrogen-bond donors (Lipinski definition) is 5. The van der Waals surface area contributed by atoms with Gasteiger partial charge in [0.2, 0.25) is 5.79 Å². The molecule has 5 saturated carbocycles. The number of fused-ring (bicyclic) bond motifs is 15. The zero-order valence-corrected chi connectivity index (χ0v) is 49.0. The maximum Gasteiger partial charge on any atom is 0.341 e. The average molecular weight is 1160 g/mol. The number of carbonyl (C=O) groups is 7. The zero-order valence-electron chi connectivity index (χ0n) is 49.0. The first kappa shape index (κ1) is 56.6. The molecule has 0 aromatic heterocycles. The van der Waals surface area contributed by atoms with Crippen LogP contribution in [0.2, 0.25) is 0 Å². The van der Waals surface area contributed by atoms with E-state index in [-0.39, 0.29) is 40.5 Å². The van der Waals surface area contributed by atoms with Gasteiger partial charge < -0.3 is 68.4 Å². The Bertz CT molecular complexity index is 3370. The summed E-state index contributed by atoms with van der Waals surface area (Å²) in [4.78, 5) is 96.9. The lowest BCUT2D eigenvalue weighted by Gasteiger charge is -2.67. The van der Waals surface area contributed by atoms with Crippen molar-refractivity contribution in [3.63, 3.8) is 0 Å². The number of aliphatic hydroxyl groups is 4. The molecular weight excluding hydrogens is 1090 g/mol. The molecule has 5 heterocycles. The highest BCUT2D eigenvalue weighted by atomic mass is 16.8. The maximum atomic E-state index is 15.3. The van der Waals surface area contributed by atoms with E-state index in [1.54, 1.807) is 92.6 Å². The Kier molecular flexibility index (Phi) is 11.9. The molecular formula is C63H71NO20. The van der Waals surface area contributed by atoms with E-state index in [4.69, 9.17) is 42.6 Å². The van der Waals surface area contributed by atoms with Crippen LogP contribution in [0.4, 0.5) is 0 Å². The van der Waals surface area contributed by atoms with Crippen LogP contribution in [0, 0.1) is 68.5 Å². The highest BCUT2D eigenvalue weighted by molar-refractivity contribution is 6.02. The molecule has 5 N–H and O–H groups in total. The first-order valence-corrected chi connectivity index (χ1v) is 28.9. The van der Waals surface area contributed by atoms with Crippen molar-refractivity contribution in [2.75, 3.05) is 0 Å². The van der Waals surface area contributed by atoms with E-state index >= 15 is 4.79 Å². The molecule has 3 aromatic carbocycles. The molecule has 0 bridgehead atoms. The van der Waals surface area contributed by atoms with Crippen LogP contribution in [0.15, 0.2) is 54.6 Å². The number of amides is 1. The van der Waals surface area contributed by atoms with Crippen molar-refractivity contribution in [1.29, 1.82) is 0 Å². The molecule has 3 saturated heterocycles. The van der Waals surface area contributed by atoms with E-state index in [0.717, 1.165) is 0 Å². The number of benzene rings is 3. The smallest absolute Gasteiger partial charge is 0.341 e. The predicted molar refractivity (Wildman–Crippen MR) is 287 cm³/mol. The molecule has 448 valence electrons. The molecule has 21 nitrogen and oxygen atoms in total. The van der Waals surface area contributed by atoms with Gasteiger partial charge in [-0.3, -0.25) is 24.0 Å². The Labute approximate surface area is 484 Å². The van der Waals surface area contributed by atoms with Gasteiger partial charge in [-0.1, -0.05) is 26.8 Å². The molecule has 5 aliphatic carbocycles. The van der Waals surface area contributed by atoms with Crippen molar-refractivity contribution >= 4 is 41.7 Å². The van der Waals surface area contributed by atoms with Crippen molar-refractivity contribution in [2.45, 2.75) is 168 Å². The predicted octanol–water partition coefficient (Wildman–Crippen LogP) is 5.18. The van der Waals surface area contributed by atoms with Gasteiger partial charge in [0.1, 0.15) is 47.4 Å². The number of epoxide rings is 2. The maximum absolute atomic E-state index is 15.3. The van der Waals surface area contributed by atoms with Crippen LogP contribution in [0.3, 0.4) is 0 Å². The van der Waals surface area contributed by atoms with Crippen LogP contribution in [0.1, 0.15) is 134 Å². The molecule has 10 aliphatic rings. The van der Waals surface area contributed by atoms with E-state index in [0.29, 0.717) is 16.7 Å². The van der Waals surface area contributed by atoms with Gasteiger partial charge in [-0.2, -0.15) is 0 Å². The van der Waals surface area contributed by atoms with E-state index in [9.17, 15) is 49.2 Å². The topological polar surface area (TPSA) is 302 Å². The molecule has 1 amide bonds. The summed E-state index contributed by atoms with van der Waals surface area (Å²) >= 11 is 0. The highest BCUT2D eigenvalue weighted by Crippen LogP contribution is 2.81. The Morgan fingerprint density at radius 3 is 1.86 bits per heavy atom. The number of aliphatic hydroxyl groups excluding tert-OH is 3. The number of carbonyl (C=O) groups excluding carboxylic acids is 7. The summed E-state index contributed by atoms with van der Waals surface area (Å²) in [5.41, 5.74) is -9.17. The first-order valence-electron chi connectivity index (χ1n) is 28.9. The molecule has 13 rings (SSSR count). The van der Waals surface area contributed by atoms with Crippen molar-refractivity contribution in [2.24, 2.45) is 68.5 Å². The molecule has 84 heavy (non-hydrogen) atoms. The number of ether oxygens (including phenoxy) is 9. The van der Waals surface area contributed by atoms with Gasteiger partial charge in [-0.05, 0) is 122 Å². The minimum absolute atomic E-state index is 0.00234. The van der Waals surface area contributed by atoms with E-state index < -0.39 is 182 Å². The molecule has 3 aromatic rings. The number of esters is 6. The fourth-order valence-corrected chi connectivity index (χ4v) is 17.7. The van der Waals surface area contributed by atoms with Gasteiger partial charge in [0.15, 0.2) is 11.2 Å². The molecule has 21 heteroatoms. The lowest BCUT2D eigenvalue weighted by molar-refractivity contribution is -0.284. The van der Waals surface area contributed by atoms with Gasteiger partial charge in [-0.15, -0.1) is 0 Å². The Morgan fingerprint density at radius 1 is 0.702 bits per heavy atom. The molecule has 2 spiro atoms. The summed E-state index contributed by atoms with van der Waals surface area (Å²) in [6, 6.07) is 12.6. The quantitative estimate of drug-likeness (QED) is 0.0919. The third-order valence-corrected chi connectivity index (χ3v) is 21.7. The van der Waals surface area contributed by atoms with Crippen LogP contribution in [0.5, 0.6) is 23.0 Å². The lowest BCUT2D eigenvalue weighted by atomic mass is 9.40. The zero-order chi connectivity index (χ0) is 60.6. The molecule has 5 aliphatic heterocycles. The summed E-state index contributed by atoms with van der Waals surface area (Å²) in [5, 5.41) is 55.1. The van der Waals surface area contributed by atoms with Crippen LogP contribution >= 0.6 is 0 Å². The first-order chi connectivity index (χ1) is 39.1. The Balaban J connectivity index is 0.909. The Hall–Kier alpha value is -6.49. The number of rotatable bonds is 6. The van der Waals surface area contributed by atoms with Gasteiger partial charge in [-0.25, -0.2) is 9.59 Å². The largest absolute Gasteiger partial charge is 0.458 e. The number of nitrogens with one attached hydrogen (secondary N) is 1. The van der Waals surface area contributed by atoms with Gasteiger partial charge >= 0.3 is 35.8 Å². The molecule has 8 fully saturated rings. The second-order valence-corrected chi connectivity index (χ2v) is 28.2. The fourth-order valence-electron chi connectivity index (χ4n) is 17.7. The van der Waals surface area contributed by atoms with Crippen molar-refractivity contribution in [3.8, 4) is 23.0 Å². The van der Waals surface area contributed by atoms with Gasteiger partial charge in [0.05, 0.1) is 52.3 Å². The summed E-state index contributed by atoms with van der Waals surface area (Å²) in [6.07, 6.45) is -8.88. The van der Waals surface area contributed by atoms with Crippen molar-refractivity contribution in [3.05, 3.63) is 82.4 Å². The third kappa shape index (κ3) is 7.19. The summed E-state index contributed by atoms with van der Waals surface area (Å²) in [7, 11) is 0. The number of hydrogen-bond acceptors (Lipinski definition) is 20. The third-order valence-electron chi connectivity index (χ3n) is 21.7. The summed E-state index contributed by atoms with van der Waals surface area (Å²) < 4.78 is 55.5. The van der Waals surface area contributed by atoms with Crippen molar-refractivity contribution < 1.29 is 96.6 Å². The summed E-state index contributed by atoms with van der Waals surface area (Å²) in [5.74, 6) is -12.6. The van der Waals surface area contributed by atoms with Crippen LogP contribution in [-0.4, -0.2) is 128 Å². The Morgan fingerprint density at radius 2 is 1.29 bits per heavy atom.